The summed E-state index contributed by atoms with van der Waals surface area (Å²) in [6.07, 6.45) is 2.67. The van der Waals surface area contributed by atoms with E-state index in [1.807, 2.05) is 0 Å². The molecule has 5 rings (SSSR count). The van der Waals surface area contributed by atoms with Crippen molar-refractivity contribution in [2.75, 3.05) is 31.6 Å². The maximum absolute atomic E-state index is 15.1. The summed E-state index contributed by atoms with van der Waals surface area (Å²) in [6, 6.07) is 7.19. The first-order chi connectivity index (χ1) is 21.1. The van der Waals surface area contributed by atoms with Gasteiger partial charge in [-0.25, -0.2) is 18.0 Å². The summed E-state index contributed by atoms with van der Waals surface area (Å²) in [5.74, 6) is -4.55. The van der Waals surface area contributed by atoms with E-state index in [2.05, 4.69) is 20.9 Å². The molecule has 9 nitrogen and oxygen atoms in total. The van der Waals surface area contributed by atoms with Gasteiger partial charge in [-0.2, -0.15) is 0 Å². The molecule has 4 N–H and O–H groups in total. The number of hydrogen-bond donors (Lipinski definition) is 4. The zero-order valence-electron chi connectivity index (χ0n) is 23.6. The Bertz CT molecular complexity index is 1460. The van der Waals surface area contributed by atoms with Crippen LogP contribution in [-0.4, -0.2) is 66.1 Å². The van der Waals surface area contributed by atoms with Crippen molar-refractivity contribution in [2.24, 2.45) is 0 Å². The van der Waals surface area contributed by atoms with Gasteiger partial charge in [-0.05, 0) is 48.2 Å². The Morgan fingerprint density at radius 2 is 1.77 bits per heavy atom. The molecule has 234 valence electrons. The molecule has 2 aromatic carbocycles. The van der Waals surface area contributed by atoms with E-state index < -0.39 is 41.4 Å². The number of aromatic nitrogens is 1. The lowest BCUT2D eigenvalue weighted by Crippen LogP contribution is -2.56. The number of nitrogens with one attached hydrogen (secondary N) is 3. The summed E-state index contributed by atoms with van der Waals surface area (Å²) in [5.41, 5.74) is 0.224. The third-order valence-electron chi connectivity index (χ3n) is 7.99. The lowest BCUT2D eigenvalue weighted by Gasteiger charge is -2.44. The van der Waals surface area contributed by atoms with Gasteiger partial charge in [0.05, 0.1) is 29.8 Å². The molecule has 3 aromatic rings. The Morgan fingerprint density at radius 1 is 1.07 bits per heavy atom. The van der Waals surface area contributed by atoms with Crippen LogP contribution in [0.4, 0.5) is 23.7 Å². The van der Waals surface area contributed by atoms with Crippen LogP contribution in [0, 0.1) is 17.5 Å². The van der Waals surface area contributed by atoms with Crippen molar-refractivity contribution in [2.45, 2.75) is 49.3 Å². The van der Waals surface area contributed by atoms with Gasteiger partial charge in [0.1, 0.15) is 23.5 Å². The molecule has 2 fully saturated rings. The highest BCUT2D eigenvalue weighted by molar-refractivity contribution is 6.30. The Hall–Kier alpha value is -3.71. The zero-order valence-corrected chi connectivity index (χ0v) is 24.4. The molecule has 0 unspecified atom stereocenters. The summed E-state index contributed by atoms with van der Waals surface area (Å²) in [7, 11) is 0. The van der Waals surface area contributed by atoms with Crippen LogP contribution in [0.2, 0.25) is 5.02 Å². The van der Waals surface area contributed by atoms with Gasteiger partial charge >= 0.3 is 6.09 Å². The molecule has 2 aliphatic heterocycles. The van der Waals surface area contributed by atoms with Crippen LogP contribution in [-0.2, 0) is 20.7 Å². The molecule has 0 bridgehead atoms. The molecule has 0 saturated carbocycles. The Morgan fingerprint density at radius 3 is 2.45 bits per heavy atom. The number of carboxylic acid groups (broad SMARTS) is 1. The highest BCUT2D eigenvalue weighted by Gasteiger charge is 2.39. The lowest BCUT2D eigenvalue weighted by atomic mass is 9.84. The second kappa shape index (κ2) is 13.9. The molecule has 3 atom stereocenters. The van der Waals surface area contributed by atoms with E-state index in [0.29, 0.717) is 49.4 Å². The molecule has 2 aliphatic rings. The second-order valence-electron chi connectivity index (χ2n) is 11.0. The molecule has 2 saturated heterocycles. The van der Waals surface area contributed by atoms with Gasteiger partial charge in [0, 0.05) is 61.7 Å². The van der Waals surface area contributed by atoms with E-state index in [-0.39, 0.29) is 34.9 Å². The fourth-order valence-electron chi connectivity index (χ4n) is 5.87. The van der Waals surface area contributed by atoms with Gasteiger partial charge < -0.3 is 30.5 Å². The monoisotopic (exact) mass is 632 g/mol. The topological polar surface area (TPSA) is 122 Å². The van der Waals surface area contributed by atoms with Crippen molar-refractivity contribution in [3.63, 3.8) is 0 Å². The summed E-state index contributed by atoms with van der Waals surface area (Å²) >= 11 is 6.04. The number of nitrogens with zero attached hydrogens (tertiary/aromatic N) is 1. The SMILES string of the molecule is O=C(O)N[C@H](C(=O)Nc1cncc(F)c1CC[C@@H]1CNCC2(CCOCC2)O1)[C@@H](c1ccc(Cl)cc1)c1cc(F)cc(F)c1. The summed E-state index contributed by atoms with van der Waals surface area (Å²) in [4.78, 5) is 29.6. The Balaban J connectivity index is 1.41. The van der Waals surface area contributed by atoms with Crippen LogP contribution in [0.3, 0.4) is 0 Å². The van der Waals surface area contributed by atoms with Crippen molar-refractivity contribution in [3.05, 3.63) is 94.0 Å². The first-order valence-electron chi connectivity index (χ1n) is 14.2. The van der Waals surface area contributed by atoms with Gasteiger partial charge in [-0.1, -0.05) is 23.7 Å². The smallest absolute Gasteiger partial charge is 0.405 e. The van der Waals surface area contributed by atoms with Gasteiger partial charge in [0.15, 0.2) is 0 Å². The number of ether oxygens (including phenoxy) is 2. The number of anilines is 1. The number of carbonyl (C=O) groups excluding carboxylic acids is 1. The van der Waals surface area contributed by atoms with E-state index >= 15 is 4.39 Å². The highest BCUT2D eigenvalue weighted by atomic mass is 35.5. The standard InChI is InChI=1S/C31H32ClF3N4O5/c32-20-3-1-18(2-4-20)27(19-11-21(33)13-22(34)12-19)28(39-30(41)42)29(40)38-26-16-36-15-25(35)24(26)6-5-23-14-37-17-31(44-23)7-9-43-10-8-31/h1-4,11-13,15-16,23,27-28,37,39H,5-10,14,17H2,(H,38,40)(H,41,42)/t23-,27+,28+/m1/s1. The fourth-order valence-corrected chi connectivity index (χ4v) is 6.00. The van der Waals surface area contributed by atoms with E-state index in [1.54, 1.807) is 0 Å². The first kappa shape index (κ1) is 31.7. The summed E-state index contributed by atoms with van der Waals surface area (Å²) in [6.45, 7) is 2.50. The van der Waals surface area contributed by atoms with Crippen LogP contribution < -0.4 is 16.0 Å². The van der Waals surface area contributed by atoms with Crippen molar-refractivity contribution < 1.29 is 37.3 Å². The van der Waals surface area contributed by atoms with Crippen molar-refractivity contribution in [3.8, 4) is 0 Å². The number of pyridine rings is 1. The number of morpholine rings is 1. The zero-order chi connectivity index (χ0) is 31.3. The van der Waals surface area contributed by atoms with Crippen LogP contribution in [0.1, 0.15) is 41.9 Å². The molecule has 1 aromatic heterocycles. The Kier molecular flexibility index (Phi) is 10.0. The molecule has 0 radical (unpaired) electrons. The molecule has 13 heteroatoms. The highest BCUT2D eigenvalue weighted by Crippen LogP contribution is 2.33. The minimum absolute atomic E-state index is 0.000280. The predicted molar refractivity (Wildman–Crippen MR) is 156 cm³/mol. The van der Waals surface area contributed by atoms with Gasteiger partial charge in [0.25, 0.3) is 0 Å². The summed E-state index contributed by atoms with van der Waals surface area (Å²) in [5, 5.41) is 18.2. The average Bonchev–Trinajstić information content (AvgIpc) is 2.97. The van der Waals surface area contributed by atoms with Crippen molar-refractivity contribution in [1.82, 2.24) is 15.6 Å². The van der Waals surface area contributed by atoms with Crippen molar-refractivity contribution >= 4 is 29.3 Å². The maximum Gasteiger partial charge on any atom is 0.405 e. The van der Waals surface area contributed by atoms with Crippen LogP contribution in [0.15, 0.2) is 54.9 Å². The molecular formula is C31H32ClF3N4O5. The molecule has 0 aliphatic carbocycles. The van der Waals surface area contributed by atoms with Crippen LogP contribution in [0.25, 0.3) is 0 Å². The first-order valence-corrected chi connectivity index (χ1v) is 14.6. The molecule has 2 amide bonds. The maximum atomic E-state index is 15.1. The third-order valence-corrected chi connectivity index (χ3v) is 8.24. The Labute approximate surface area is 257 Å². The normalized spacial score (nSPS) is 19.2. The summed E-state index contributed by atoms with van der Waals surface area (Å²) < 4.78 is 55.7. The molecular weight excluding hydrogens is 601 g/mol. The fraction of sp³-hybridized carbons (Fsp3) is 0.387. The number of benzene rings is 2. The largest absolute Gasteiger partial charge is 0.465 e. The molecule has 3 heterocycles. The van der Waals surface area contributed by atoms with Crippen molar-refractivity contribution in [1.29, 1.82) is 0 Å². The number of rotatable bonds is 9. The van der Waals surface area contributed by atoms with Gasteiger partial charge in [-0.15, -0.1) is 0 Å². The number of amides is 2. The minimum atomic E-state index is -1.59. The van der Waals surface area contributed by atoms with E-state index in [1.165, 1.54) is 30.5 Å². The average molecular weight is 633 g/mol. The van der Waals surface area contributed by atoms with Gasteiger partial charge in [0.2, 0.25) is 5.91 Å². The quantitative estimate of drug-likeness (QED) is 0.261. The molecule has 44 heavy (non-hydrogen) atoms. The van der Waals surface area contributed by atoms with E-state index in [4.69, 9.17) is 21.1 Å². The third kappa shape index (κ3) is 7.68. The minimum Gasteiger partial charge on any atom is -0.465 e. The second-order valence-corrected chi connectivity index (χ2v) is 11.4. The van der Waals surface area contributed by atoms with E-state index in [9.17, 15) is 23.5 Å². The van der Waals surface area contributed by atoms with Crippen LogP contribution >= 0.6 is 11.6 Å². The predicted octanol–water partition coefficient (Wildman–Crippen LogP) is 5.03. The number of hydrogen-bond acceptors (Lipinski definition) is 6. The van der Waals surface area contributed by atoms with E-state index in [0.717, 1.165) is 31.2 Å². The van der Waals surface area contributed by atoms with Crippen LogP contribution in [0.5, 0.6) is 0 Å². The number of carbonyl (C=O) groups is 2. The number of halogens is 4. The lowest BCUT2D eigenvalue weighted by molar-refractivity contribution is -0.160. The molecule has 1 spiro atoms. The van der Waals surface area contributed by atoms with Gasteiger partial charge in [-0.3, -0.25) is 9.78 Å².